The Morgan fingerprint density at radius 2 is 2.08 bits per heavy atom. The summed E-state index contributed by atoms with van der Waals surface area (Å²) in [5.74, 6) is 1.99. The second kappa shape index (κ2) is 6.38. The number of nitrogens with zero attached hydrogens (tertiary/aromatic N) is 6. The molecule has 124 valence electrons. The van der Waals surface area contributed by atoms with Gasteiger partial charge in [-0.05, 0) is 31.9 Å². The van der Waals surface area contributed by atoms with E-state index < -0.39 is 0 Å². The molecule has 4 rings (SSSR count). The van der Waals surface area contributed by atoms with Gasteiger partial charge < -0.3 is 10.1 Å². The molecule has 1 N–H and O–H groups in total. The van der Waals surface area contributed by atoms with Gasteiger partial charge in [-0.1, -0.05) is 18.1 Å². The van der Waals surface area contributed by atoms with Crippen LogP contribution in [0.2, 0.25) is 0 Å². The summed E-state index contributed by atoms with van der Waals surface area (Å²) in [5.41, 5.74) is 1.28. The van der Waals surface area contributed by atoms with Crippen LogP contribution in [0.4, 0.5) is 5.95 Å². The average molecular weight is 325 g/mol. The summed E-state index contributed by atoms with van der Waals surface area (Å²) in [5, 5.41) is 11.7. The van der Waals surface area contributed by atoms with E-state index in [9.17, 15) is 0 Å². The van der Waals surface area contributed by atoms with Gasteiger partial charge in [0, 0.05) is 6.04 Å². The number of nitrogens with one attached hydrogen (secondary N) is 1. The van der Waals surface area contributed by atoms with Crippen molar-refractivity contribution in [2.75, 3.05) is 11.9 Å². The van der Waals surface area contributed by atoms with Gasteiger partial charge in [0.25, 0.3) is 0 Å². The van der Waals surface area contributed by atoms with E-state index in [1.165, 1.54) is 25.7 Å². The van der Waals surface area contributed by atoms with Crippen LogP contribution in [-0.4, -0.2) is 42.6 Å². The molecule has 24 heavy (non-hydrogen) atoms. The monoisotopic (exact) mass is 325 g/mol. The first-order chi connectivity index (χ1) is 11.8. The minimum absolute atomic E-state index is 0.454. The molecule has 1 aliphatic carbocycles. The Morgan fingerprint density at radius 3 is 2.83 bits per heavy atom. The summed E-state index contributed by atoms with van der Waals surface area (Å²) in [6.07, 6.45) is 8.21. The van der Waals surface area contributed by atoms with Crippen LogP contribution in [0.1, 0.15) is 32.6 Å². The molecule has 8 heteroatoms. The molecule has 1 aliphatic rings. The lowest BCUT2D eigenvalue weighted by Crippen LogP contribution is -2.16. The van der Waals surface area contributed by atoms with Crippen LogP contribution in [-0.2, 0) is 0 Å². The van der Waals surface area contributed by atoms with Crippen molar-refractivity contribution in [3.63, 3.8) is 0 Å². The number of pyridine rings is 1. The van der Waals surface area contributed by atoms with Gasteiger partial charge >= 0.3 is 0 Å². The first-order valence-corrected chi connectivity index (χ1v) is 8.27. The molecule has 0 radical (unpaired) electrons. The highest BCUT2D eigenvalue weighted by atomic mass is 16.5. The third-order valence-electron chi connectivity index (χ3n) is 4.13. The molecule has 3 aromatic rings. The smallest absolute Gasteiger partial charge is 0.225 e. The van der Waals surface area contributed by atoms with Gasteiger partial charge in [-0.2, -0.15) is 9.67 Å². The predicted molar refractivity (Wildman–Crippen MR) is 89.3 cm³/mol. The summed E-state index contributed by atoms with van der Waals surface area (Å²) in [7, 11) is 0. The molecular weight excluding hydrogens is 306 g/mol. The van der Waals surface area contributed by atoms with E-state index >= 15 is 0 Å². The minimum atomic E-state index is 0.454. The number of aromatic nitrogens is 6. The summed E-state index contributed by atoms with van der Waals surface area (Å²) in [6, 6.07) is 4.15. The zero-order valence-corrected chi connectivity index (χ0v) is 13.5. The van der Waals surface area contributed by atoms with Gasteiger partial charge in [0.05, 0.1) is 19.0 Å². The normalized spacial score (nSPS) is 15.0. The Kier molecular flexibility index (Phi) is 3.94. The lowest BCUT2D eigenvalue weighted by molar-refractivity contribution is 0.339. The van der Waals surface area contributed by atoms with Gasteiger partial charge in [-0.15, -0.1) is 5.10 Å². The second-order valence-corrected chi connectivity index (χ2v) is 5.81. The molecule has 0 unspecified atom stereocenters. The molecule has 1 saturated carbocycles. The fraction of sp³-hybridized carbons (Fsp3) is 0.438. The second-order valence-electron chi connectivity index (χ2n) is 5.81. The Balaban J connectivity index is 1.64. The number of anilines is 1. The molecule has 8 nitrogen and oxygen atoms in total. The summed E-state index contributed by atoms with van der Waals surface area (Å²) >= 11 is 0. The maximum absolute atomic E-state index is 5.42. The van der Waals surface area contributed by atoms with Gasteiger partial charge in [0.1, 0.15) is 5.75 Å². The molecule has 0 bridgehead atoms. The zero-order valence-electron chi connectivity index (χ0n) is 13.5. The fourth-order valence-corrected chi connectivity index (χ4v) is 2.95. The van der Waals surface area contributed by atoms with Crippen LogP contribution in [0.25, 0.3) is 17.0 Å². The summed E-state index contributed by atoms with van der Waals surface area (Å²) in [4.78, 5) is 13.3. The minimum Gasteiger partial charge on any atom is -0.492 e. The van der Waals surface area contributed by atoms with E-state index in [1.54, 1.807) is 17.1 Å². The Hall–Kier alpha value is -2.77. The quantitative estimate of drug-likeness (QED) is 0.770. The van der Waals surface area contributed by atoms with Crippen molar-refractivity contribution in [1.29, 1.82) is 0 Å². The Bertz CT molecular complexity index is 824. The SMILES string of the molecule is CCOc1ccc(-n2nnc3cnc(NC4CCCC4)nc32)nc1. The molecule has 3 aromatic heterocycles. The molecule has 0 saturated heterocycles. The van der Waals surface area contributed by atoms with E-state index in [2.05, 4.69) is 30.6 Å². The summed E-state index contributed by atoms with van der Waals surface area (Å²) < 4.78 is 7.03. The van der Waals surface area contributed by atoms with Crippen LogP contribution in [0.15, 0.2) is 24.5 Å². The molecule has 0 aliphatic heterocycles. The van der Waals surface area contributed by atoms with Crippen molar-refractivity contribution in [2.45, 2.75) is 38.6 Å². The highest BCUT2D eigenvalue weighted by Gasteiger charge is 2.17. The van der Waals surface area contributed by atoms with Crippen LogP contribution in [0.3, 0.4) is 0 Å². The number of rotatable bonds is 5. The topological polar surface area (TPSA) is 90.6 Å². The molecule has 0 spiro atoms. The van der Waals surface area contributed by atoms with Crippen molar-refractivity contribution >= 4 is 17.1 Å². The van der Waals surface area contributed by atoms with E-state index in [1.807, 2.05) is 19.1 Å². The van der Waals surface area contributed by atoms with Crippen molar-refractivity contribution in [1.82, 2.24) is 29.9 Å². The standard InChI is InChI=1S/C16H19N7O/c1-2-24-12-7-8-14(17-9-12)23-15-13(21-22-23)10-18-16(20-15)19-11-5-3-4-6-11/h7-11H,2-6H2,1H3,(H,18,19,20). The van der Waals surface area contributed by atoms with Crippen molar-refractivity contribution < 1.29 is 4.74 Å². The van der Waals surface area contributed by atoms with E-state index in [0.717, 1.165) is 5.75 Å². The first-order valence-electron chi connectivity index (χ1n) is 8.27. The molecule has 1 fully saturated rings. The Morgan fingerprint density at radius 1 is 1.21 bits per heavy atom. The number of fused-ring (bicyclic) bond motifs is 1. The number of ether oxygens (including phenoxy) is 1. The highest BCUT2D eigenvalue weighted by Crippen LogP contribution is 2.22. The lowest BCUT2D eigenvalue weighted by Gasteiger charge is -2.11. The van der Waals surface area contributed by atoms with Crippen LogP contribution in [0.5, 0.6) is 5.75 Å². The fourth-order valence-electron chi connectivity index (χ4n) is 2.95. The number of hydrogen-bond donors (Lipinski definition) is 1. The zero-order chi connectivity index (χ0) is 16.4. The van der Waals surface area contributed by atoms with Crippen LogP contribution < -0.4 is 10.1 Å². The van der Waals surface area contributed by atoms with E-state index in [-0.39, 0.29) is 0 Å². The molecule has 3 heterocycles. The van der Waals surface area contributed by atoms with Gasteiger partial charge in [0.15, 0.2) is 17.0 Å². The number of hydrogen-bond acceptors (Lipinski definition) is 7. The van der Waals surface area contributed by atoms with Gasteiger partial charge in [0.2, 0.25) is 5.95 Å². The van der Waals surface area contributed by atoms with Gasteiger partial charge in [-0.3, -0.25) is 0 Å². The van der Waals surface area contributed by atoms with E-state index in [0.29, 0.717) is 35.6 Å². The maximum atomic E-state index is 5.42. The first kappa shape index (κ1) is 14.8. The predicted octanol–water partition coefficient (Wildman–Crippen LogP) is 2.36. The molecule has 0 atom stereocenters. The largest absolute Gasteiger partial charge is 0.492 e. The molecule has 0 aromatic carbocycles. The molecular formula is C16H19N7O. The lowest BCUT2D eigenvalue weighted by atomic mass is 10.2. The highest BCUT2D eigenvalue weighted by molar-refractivity contribution is 5.71. The third-order valence-corrected chi connectivity index (χ3v) is 4.13. The Labute approximate surface area is 139 Å². The van der Waals surface area contributed by atoms with Crippen molar-refractivity contribution in [2.24, 2.45) is 0 Å². The molecule has 0 amide bonds. The average Bonchev–Trinajstić information content (AvgIpc) is 3.25. The summed E-state index contributed by atoms with van der Waals surface area (Å²) in [6.45, 7) is 2.55. The van der Waals surface area contributed by atoms with Crippen molar-refractivity contribution in [3.8, 4) is 11.6 Å². The van der Waals surface area contributed by atoms with E-state index in [4.69, 9.17) is 4.74 Å². The third kappa shape index (κ3) is 2.86. The van der Waals surface area contributed by atoms with Crippen LogP contribution >= 0.6 is 0 Å². The maximum Gasteiger partial charge on any atom is 0.225 e. The van der Waals surface area contributed by atoms with Gasteiger partial charge in [-0.25, -0.2) is 9.97 Å². The van der Waals surface area contributed by atoms with Crippen molar-refractivity contribution in [3.05, 3.63) is 24.5 Å². The van der Waals surface area contributed by atoms with Crippen LogP contribution in [0, 0.1) is 0 Å².